The summed E-state index contributed by atoms with van der Waals surface area (Å²) in [6, 6.07) is 3.96. The number of methoxy groups -OCH3 is 1. The number of nitrogen functional groups attached to an aromatic ring is 1. The Labute approximate surface area is 107 Å². The number of terminal acetylenes is 1. The maximum Gasteiger partial charge on any atom is 0.240 e. The number of nitrogens with one attached hydrogen (secondary N) is 1. The molecule has 3 N–H and O–H groups in total. The Kier molecular flexibility index (Phi) is 4.59. The molecule has 0 saturated heterocycles. The number of sulfonamides is 1. The zero-order chi connectivity index (χ0) is 13.8. The molecular weight excluding hydrogens is 252 g/mol. The Morgan fingerprint density at radius 3 is 2.72 bits per heavy atom. The van der Waals surface area contributed by atoms with Crippen molar-refractivity contribution in [3.05, 3.63) is 18.2 Å². The Bertz CT molecular complexity index is 561. The lowest BCUT2D eigenvalue weighted by atomic mass is 10.3. The fourth-order valence-corrected chi connectivity index (χ4v) is 2.71. The number of rotatable bonds is 5. The Morgan fingerprint density at radius 1 is 1.56 bits per heavy atom. The average Bonchev–Trinajstić information content (AvgIpc) is 2.28. The molecule has 0 aliphatic heterocycles. The van der Waals surface area contributed by atoms with E-state index >= 15 is 0 Å². The molecule has 0 saturated carbocycles. The summed E-state index contributed by atoms with van der Waals surface area (Å²) in [5, 5.41) is 0. The van der Waals surface area contributed by atoms with E-state index in [1.54, 1.807) is 6.92 Å². The number of hydrogen-bond acceptors (Lipinski definition) is 4. The summed E-state index contributed by atoms with van der Waals surface area (Å²) in [5.74, 6) is 2.84. The largest absolute Gasteiger partial charge is 0.495 e. The molecule has 98 valence electrons. The molecule has 0 aliphatic rings. The first-order valence-electron chi connectivity index (χ1n) is 5.30. The number of anilines is 1. The van der Waals surface area contributed by atoms with E-state index in [9.17, 15) is 8.42 Å². The Hall–Kier alpha value is -1.71. The van der Waals surface area contributed by atoms with Crippen molar-refractivity contribution in [1.82, 2.24) is 4.72 Å². The van der Waals surface area contributed by atoms with Gasteiger partial charge in [-0.05, 0) is 25.1 Å². The lowest BCUT2D eigenvalue weighted by Gasteiger charge is -2.13. The van der Waals surface area contributed by atoms with Gasteiger partial charge in [-0.2, -0.15) is 0 Å². The predicted octanol–water partition coefficient (Wildman–Crippen LogP) is 0.968. The van der Waals surface area contributed by atoms with Crippen LogP contribution in [0.1, 0.15) is 13.3 Å². The fourth-order valence-electron chi connectivity index (χ4n) is 1.43. The van der Waals surface area contributed by atoms with E-state index in [-0.39, 0.29) is 16.6 Å². The van der Waals surface area contributed by atoms with Crippen LogP contribution in [0.3, 0.4) is 0 Å². The molecule has 0 aromatic heterocycles. The molecule has 1 rings (SSSR count). The highest BCUT2D eigenvalue weighted by atomic mass is 32.2. The summed E-state index contributed by atoms with van der Waals surface area (Å²) in [5.41, 5.74) is 5.94. The summed E-state index contributed by atoms with van der Waals surface area (Å²) in [4.78, 5) is 0.0877. The SMILES string of the molecule is C#CCC(C)NS(=O)(=O)c1ccc(OC)c(N)c1. The molecule has 0 heterocycles. The minimum absolute atomic E-state index is 0.0877. The predicted molar refractivity (Wildman–Crippen MR) is 70.6 cm³/mol. The van der Waals surface area contributed by atoms with Gasteiger partial charge in [-0.25, -0.2) is 13.1 Å². The number of benzene rings is 1. The van der Waals surface area contributed by atoms with Crippen LogP contribution in [0.15, 0.2) is 23.1 Å². The van der Waals surface area contributed by atoms with Gasteiger partial charge < -0.3 is 10.5 Å². The van der Waals surface area contributed by atoms with E-state index in [2.05, 4.69) is 10.6 Å². The van der Waals surface area contributed by atoms with Crippen molar-refractivity contribution in [3.63, 3.8) is 0 Å². The van der Waals surface area contributed by atoms with Crippen LogP contribution >= 0.6 is 0 Å². The lowest BCUT2D eigenvalue weighted by molar-refractivity contribution is 0.416. The Morgan fingerprint density at radius 2 is 2.22 bits per heavy atom. The summed E-state index contributed by atoms with van der Waals surface area (Å²) in [6.07, 6.45) is 5.45. The van der Waals surface area contributed by atoms with Crippen molar-refractivity contribution in [1.29, 1.82) is 0 Å². The first-order valence-corrected chi connectivity index (χ1v) is 6.78. The van der Waals surface area contributed by atoms with Gasteiger partial charge >= 0.3 is 0 Å². The zero-order valence-corrected chi connectivity index (χ0v) is 11.1. The topological polar surface area (TPSA) is 81.4 Å². The number of ether oxygens (including phenoxy) is 1. The van der Waals surface area contributed by atoms with Gasteiger partial charge in [-0.15, -0.1) is 12.3 Å². The van der Waals surface area contributed by atoms with Gasteiger partial charge in [-0.1, -0.05) is 0 Å². The van der Waals surface area contributed by atoms with E-state index in [1.165, 1.54) is 25.3 Å². The molecule has 0 fully saturated rings. The van der Waals surface area contributed by atoms with Gasteiger partial charge in [0.25, 0.3) is 0 Å². The molecule has 1 unspecified atom stereocenters. The van der Waals surface area contributed by atoms with Crippen LogP contribution in [0.25, 0.3) is 0 Å². The highest BCUT2D eigenvalue weighted by Gasteiger charge is 2.18. The molecule has 1 aromatic rings. The summed E-state index contributed by atoms with van der Waals surface area (Å²) in [6.45, 7) is 1.70. The third-order valence-corrected chi connectivity index (χ3v) is 3.88. The van der Waals surface area contributed by atoms with Crippen LogP contribution in [0.4, 0.5) is 5.69 Å². The first kappa shape index (κ1) is 14.4. The van der Waals surface area contributed by atoms with E-state index in [0.717, 1.165) is 0 Å². The smallest absolute Gasteiger partial charge is 0.240 e. The molecule has 0 radical (unpaired) electrons. The molecule has 18 heavy (non-hydrogen) atoms. The normalized spacial score (nSPS) is 12.7. The second-order valence-electron chi connectivity index (χ2n) is 3.83. The first-order chi connectivity index (χ1) is 8.40. The number of hydrogen-bond donors (Lipinski definition) is 2. The standard InChI is InChI=1S/C12H16N2O3S/c1-4-5-9(2)14-18(15,16)10-6-7-12(17-3)11(13)8-10/h1,6-9,14H,5,13H2,2-3H3. The van der Waals surface area contributed by atoms with Gasteiger partial charge in [0.15, 0.2) is 0 Å². The minimum Gasteiger partial charge on any atom is -0.495 e. The molecule has 6 heteroatoms. The maximum absolute atomic E-state index is 12.0. The monoisotopic (exact) mass is 268 g/mol. The highest BCUT2D eigenvalue weighted by Crippen LogP contribution is 2.24. The molecule has 0 spiro atoms. The second-order valence-corrected chi connectivity index (χ2v) is 5.55. The molecule has 1 aromatic carbocycles. The lowest BCUT2D eigenvalue weighted by Crippen LogP contribution is -2.32. The quantitative estimate of drug-likeness (QED) is 0.616. The van der Waals surface area contributed by atoms with E-state index < -0.39 is 10.0 Å². The molecular formula is C12H16N2O3S. The van der Waals surface area contributed by atoms with Gasteiger partial charge in [0, 0.05) is 12.5 Å². The Balaban J connectivity index is 2.99. The zero-order valence-electron chi connectivity index (χ0n) is 10.3. The van der Waals surface area contributed by atoms with Crippen molar-refractivity contribution in [2.75, 3.05) is 12.8 Å². The van der Waals surface area contributed by atoms with Gasteiger partial charge in [0.1, 0.15) is 5.75 Å². The van der Waals surface area contributed by atoms with Crippen molar-refractivity contribution >= 4 is 15.7 Å². The second kappa shape index (κ2) is 5.76. The summed E-state index contributed by atoms with van der Waals surface area (Å²) in [7, 11) is -2.14. The summed E-state index contributed by atoms with van der Waals surface area (Å²) < 4.78 is 31.4. The third kappa shape index (κ3) is 3.39. The fraction of sp³-hybridized carbons (Fsp3) is 0.333. The summed E-state index contributed by atoms with van der Waals surface area (Å²) >= 11 is 0. The maximum atomic E-state index is 12.0. The van der Waals surface area contributed by atoms with Gasteiger partial charge in [-0.3, -0.25) is 0 Å². The van der Waals surface area contributed by atoms with Gasteiger partial charge in [0.2, 0.25) is 10.0 Å². The molecule has 5 nitrogen and oxygen atoms in total. The van der Waals surface area contributed by atoms with E-state index in [4.69, 9.17) is 16.9 Å². The highest BCUT2D eigenvalue weighted by molar-refractivity contribution is 7.89. The number of nitrogens with two attached hydrogens (primary N) is 1. The van der Waals surface area contributed by atoms with Crippen LogP contribution in [-0.2, 0) is 10.0 Å². The third-order valence-electron chi connectivity index (χ3n) is 2.29. The van der Waals surface area contributed by atoms with Crippen LogP contribution in [0.2, 0.25) is 0 Å². The van der Waals surface area contributed by atoms with Crippen molar-refractivity contribution < 1.29 is 13.2 Å². The average molecular weight is 268 g/mol. The minimum atomic E-state index is -3.61. The van der Waals surface area contributed by atoms with Crippen LogP contribution < -0.4 is 15.2 Å². The van der Waals surface area contributed by atoms with Crippen molar-refractivity contribution in [2.45, 2.75) is 24.3 Å². The van der Waals surface area contributed by atoms with Crippen LogP contribution in [0.5, 0.6) is 5.75 Å². The van der Waals surface area contributed by atoms with Gasteiger partial charge in [0.05, 0.1) is 17.7 Å². The van der Waals surface area contributed by atoms with Crippen molar-refractivity contribution in [2.24, 2.45) is 0 Å². The van der Waals surface area contributed by atoms with E-state index in [0.29, 0.717) is 12.2 Å². The molecule has 1 atom stereocenters. The molecule has 0 amide bonds. The van der Waals surface area contributed by atoms with Crippen LogP contribution in [0, 0.1) is 12.3 Å². The van der Waals surface area contributed by atoms with Crippen molar-refractivity contribution in [3.8, 4) is 18.1 Å². The van der Waals surface area contributed by atoms with Crippen LogP contribution in [-0.4, -0.2) is 21.6 Å². The van der Waals surface area contributed by atoms with E-state index in [1.807, 2.05) is 0 Å². The molecule has 0 bridgehead atoms. The molecule has 0 aliphatic carbocycles.